The lowest BCUT2D eigenvalue weighted by atomic mass is 10.1. The summed E-state index contributed by atoms with van der Waals surface area (Å²) in [5.41, 5.74) is 0.771. The highest BCUT2D eigenvalue weighted by Crippen LogP contribution is 2.28. The van der Waals surface area contributed by atoms with Crippen LogP contribution in [-0.4, -0.2) is 34.5 Å². The van der Waals surface area contributed by atoms with Crippen molar-refractivity contribution in [3.8, 4) is 0 Å². The van der Waals surface area contributed by atoms with Crippen LogP contribution in [0.4, 0.5) is 0 Å². The Bertz CT molecular complexity index is 666. The van der Waals surface area contributed by atoms with E-state index in [0.29, 0.717) is 41.1 Å². The molecule has 0 N–H and O–H groups in total. The summed E-state index contributed by atoms with van der Waals surface area (Å²) in [6.45, 7) is 0.604. The first-order valence-corrected chi connectivity index (χ1v) is 7.29. The van der Waals surface area contributed by atoms with Crippen LogP contribution in [0.2, 0.25) is 10.0 Å². The number of likely N-dealkylation sites (N-methyl/N-ethyl adjacent to an activating group) is 1. The van der Waals surface area contributed by atoms with Gasteiger partial charge in [-0.3, -0.25) is 4.79 Å². The number of nitrogens with zero attached hydrogens (tertiary/aromatic N) is 3. The normalized spacial score (nSPS) is 18.5. The van der Waals surface area contributed by atoms with E-state index in [2.05, 4.69) is 10.1 Å². The lowest BCUT2D eigenvalue weighted by Gasteiger charge is -2.06. The van der Waals surface area contributed by atoms with Crippen molar-refractivity contribution in [3.05, 3.63) is 45.5 Å². The van der Waals surface area contributed by atoms with Gasteiger partial charge in [0, 0.05) is 36.5 Å². The molecule has 21 heavy (non-hydrogen) atoms. The maximum absolute atomic E-state index is 11.5. The van der Waals surface area contributed by atoms with Gasteiger partial charge in [0.05, 0.1) is 5.92 Å². The van der Waals surface area contributed by atoms with Crippen molar-refractivity contribution in [1.82, 2.24) is 15.0 Å². The highest BCUT2D eigenvalue weighted by atomic mass is 35.5. The fourth-order valence-electron chi connectivity index (χ4n) is 2.39. The molecule has 1 aliphatic rings. The van der Waals surface area contributed by atoms with Gasteiger partial charge in [0.25, 0.3) is 0 Å². The molecule has 1 aliphatic heterocycles. The molecule has 1 atom stereocenters. The van der Waals surface area contributed by atoms with Crippen LogP contribution >= 0.6 is 23.2 Å². The molecule has 0 saturated carbocycles. The Kier molecular flexibility index (Phi) is 3.87. The fourth-order valence-corrected chi connectivity index (χ4v) is 2.92. The summed E-state index contributed by atoms with van der Waals surface area (Å²) in [5, 5.41) is 5.10. The van der Waals surface area contributed by atoms with Crippen molar-refractivity contribution in [2.24, 2.45) is 0 Å². The molecule has 7 heteroatoms. The zero-order chi connectivity index (χ0) is 15.0. The third-order valence-electron chi connectivity index (χ3n) is 3.57. The molecule has 110 valence electrons. The van der Waals surface area contributed by atoms with Gasteiger partial charge < -0.3 is 9.42 Å². The van der Waals surface area contributed by atoms with Crippen molar-refractivity contribution >= 4 is 29.1 Å². The van der Waals surface area contributed by atoms with Crippen LogP contribution < -0.4 is 0 Å². The van der Waals surface area contributed by atoms with Gasteiger partial charge in [-0.2, -0.15) is 4.98 Å². The molecule has 2 aromatic rings. The van der Waals surface area contributed by atoms with Crippen LogP contribution in [0.5, 0.6) is 0 Å². The summed E-state index contributed by atoms with van der Waals surface area (Å²) >= 11 is 12.3. The Labute approximate surface area is 131 Å². The molecule has 5 nitrogen and oxygen atoms in total. The van der Waals surface area contributed by atoms with Crippen molar-refractivity contribution in [2.75, 3.05) is 13.6 Å². The fraction of sp³-hybridized carbons (Fsp3) is 0.357. The van der Waals surface area contributed by atoms with E-state index < -0.39 is 0 Å². The monoisotopic (exact) mass is 325 g/mol. The summed E-state index contributed by atoms with van der Waals surface area (Å²) in [4.78, 5) is 17.6. The number of rotatable bonds is 3. The van der Waals surface area contributed by atoms with Crippen LogP contribution in [0.15, 0.2) is 22.7 Å². The molecule has 1 fully saturated rings. The molecule has 0 aliphatic carbocycles. The van der Waals surface area contributed by atoms with Crippen molar-refractivity contribution in [3.63, 3.8) is 0 Å². The van der Waals surface area contributed by atoms with Gasteiger partial charge in [0.1, 0.15) is 0 Å². The van der Waals surface area contributed by atoms with E-state index in [-0.39, 0.29) is 11.8 Å². The van der Waals surface area contributed by atoms with Gasteiger partial charge in [-0.1, -0.05) is 34.4 Å². The molecule has 3 rings (SSSR count). The number of carbonyl (C=O) groups excluding carboxylic acids is 1. The first kappa shape index (κ1) is 14.4. The molecule has 1 amide bonds. The minimum atomic E-state index is -0.0366. The van der Waals surface area contributed by atoms with E-state index in [1.807, 2.05) is 0 Å². The quantitative estimate of drug-likeness (QED) is 0.870. The maximum atomic E-state index is 11.5. The highest BCUT2D eigenvalue weighted by molar-refractivity contribution is 6.36. The average Bonchev–Trinajstić information content (AvgIpc) is 3.02. The Morgan fingerprint density at radius 1 is 1.38 bits per heavy atom. The lowest BCUT2D eigenvalue weighted by Crippen LogP contribution is -2.18. The van der Waals surface area contributed by atoms with Gasteiger partial charge in [-0.15, -0.1) is 0 Å². The first-order chi connectivity index (χ1) is 10.0. The third-order valence-corrected chi connectivity index (χ3v) is 4.28. The highest BCUT2D eigenvalue weighted by Gasteiger charge is 2.32. The topological polar surface area (TPSA) is 59.2 Å². The molecule has 0 bridgehead atoms. The average molecular weight is 326 g/mol. The number of amides is 1. The van der Waals surface area contributed by atoms with E-state index in [4.69, 9.17) is 27.7 Å². The van der Waals surface area contributed by atoms with Gasteiger partial charge in [-0.05, 0) is 17.7 Å². The number of benzene rings is 1. The summed E-state index contributed by atoms with van der Waals surface area (Å²) in [7, 11) is 1.77. The molecule has 0 unspecified atom stereocenters. The van der Waals surface area contributed by atoms with Crippen LogP contribution in [0.3, 0.4) is 0 Å². The number of carbonyl (C=O) groups is 1. The molecule has 0 radical (unpaired) electrons. The molecular formula is C14H13Cl2N3O2. The van der Waals surface area contributed by atoms with Gasteiger partial charge in [0.2, 0.25) is 11.8 Å². The standard InChI is InChI=1S/C14H13Cl2N3O2/c1-19-7-8(5-13(19)20)14-17-12(18-21-14)6-9-10(15)3-2-4-11(9)16/h2-4,8H,5-7H2,1H3/t8-/m1/s1. The van der Waals surface area contributed by atoms with Gasteiger partial charge >= 0.3 is 0 Å². The number of hydrogen-bond donors (Lipinski definition) is 0. The third kappa shape index (κ3) is 2.89. The minimum absolute atomic E-state index is 0.0366. The summed E-state index contributed by atoms with van der Waals surface area (Å²) in [6, 6.07) is 5.33. The van der Waals surface area contributed by atoms with E-state index in [1.165, 1.54) is 0 Å². The van der Waals surface area contributed by atoms with Crippen molar-refractivity contribution < 1.29 is 9.32 Å². The van der Waals surface area contributed by atoms with E-state index in [9.17, 15) is 4.79 Å². The molecule has 0 spiro atoms. The Morgan fingerprint density at radius 2 is 2.10 bits per heavy atom. The molecular weight excluding hydrogens is 313 g/mol. The lowest BCUT2D eigenvalue weighted by molar-refractivity contribution is -0.126. The minimum Gasteiger partial charge on any atom is -0.345 e. The van der Waals surface area contributed by atoms with E-state index in [1.54, 1.807) is 30.1 Å². The Morgan fingerprint density at radius 3 is 2.71 bits per heavy atom. The predicted molar refractivity (Wildman–Crippen MR) is 78.6 cm³/mol. The Hall–Kier alpha value is -1.59. The summed E-state index contributed by atoms with van der Waals surface area (Å²) in [5.74, 6) is 1.06. The molecule has 2 heterocycles. The van der Waals surface area contributed by atoms with Crippen molar-refractivity contribution in [2.45, 2.75) is 18.8 Å². The number of halogens is 2. The molecule has 1 saturated heterocycles. The first-order valence-electron chi connectivity index (χ1n) is 6.54. The zero-order valence-electron chi connectivity index (χ0n) is 11.3. The number of likely N-dealkylation sites (tertiary alicyclic amines) is 1. The van der Waals surface area contributed by atoms with Crippen LogP contribution in [0, 0.1) is 0 Å². The van der Waals surface area contributed by atoms with Gasteiger partial charge in [-0.25, -0.2) is 0 Å². The second-order valence-corrected chi connectivity index (χ2v) is 5.92. The Balaban J connectivity index is 1.78. The largest absolute Gasteiger partial charge is 0.345 e. The summed E-state index contributed by atoms with van der Waals surface area (Å²) < 4.78 is 5.27. The second-order valence-electron chi connectivity index (χ2n) is 5.10. The second kappa shape index (κ2) is 5.66. The van der Waals surface area contributed by atoms with Gasteiger partial charge in [0.15, 0.2) is 5.82 Å². The van der Waals surface area contributed by atoms with Crippen LogP contribution in [0.1, 0.15) is 29.6 Å². The van der Waals surface area contributed by atoms with E-state index >= 15 is 0 Å². The van der Waals surface area contributed by atoms with E-state index in [0.717, 1.165) is 5.56 Å². The molecule has 1 aromatic carbocycles. The van der Waals surface area contributed by atoms with Crippen LogP contribution in [-0.2, 0) is 11.2 Å². The summed E-state index contributed by atoms with van der Waals surface area (Å²) in [6.07, 6.45) is 0.809. The maximum Gasteiger partial charge on any atom is 0.232 e. The zero-order valence-corrected chi connectivity index (χ0v) is 12.9. The number of aromatic nitrogens is 2. The predicted octanol–water partition coefficient (Wildman–Crippen LogP) is 2.91. The van der Waals surface area contributed by atoms with Crippen molar-refractivity contribution in [1.29, 1.82) is 0 Å². The molecule has 1 aromatic heterocycles. The number of hydrogen-bond acceptors (Lipinski definition) is 4. The SMILES string of the molecule is CN1C[C@H](c2nc(Cc3c(Cl)cccc3Cl)no2)CC1=O. The van der Waals surface area contributed by atoms with Crippen LogP contribution in [0.25, 0.3) is 0 Å². The smallest absolute Gasteiger partial charge is 0.232 e.